The fourth-order valence-corrected chi connectivity index (χ4v) is 2.17. The highest BCUT2D eigenvalue weighted by molar-refractivity contribution is 7.11. The molecule has 98 valence electrons. The van der Waals surface area contributed by atoms with Crippen molar-refractivity contribution in [2.24, 2.45) is 5.92 Å². The summed E-state index contributed by atoms with van der Waals surface area (Å²) in [6.45, 7) is 5.79. The van der Waals surface area contributed by atoms with Crippen molar-refractivity contribution < 1.29 is 13.2 Å². The Bertz CT molecular complexity index is 334. The first-order valence-electron chi connectivity index (χ1n) is 5.58. The van der Waals surface area contributed by atoms with Crippen molar-refractivity contribution in [3.63, 3.8) is 0 Å². The van der Waals surface area contributed by atoms with Gasteiger partial charge in [0.05, 0.1) is 5.01 Å². The van der Waals surface area contributed by atoms with Crippen molar-refractivity contribution in [3.8, 4) is 0 Å². The summed E-state index contributed by atoms with van der Waals surface area (Å²) in [6, 6.07) is 0. The normalized spacial score (nSPS) is 12.4. The third-order valence-electron chi connectivity index (χ3n) is 2.08. The quantitative estimate of drug-likeness (QED) is 0.853. The number of thiazole rings is 1. The Kier molecular flexibility index (Phi) is 5.39. The molecule has 0 aliphatic rings. The fraction of sp³-hybridized carbons (Fsp3) is 0.727. The molecule has 0 radical (unpaired) electrons. The molecule has 0 saturated heterocycles. The fourth-order valence-electron chi connectivity index (χ4n) is 1.28. The zero-order chi connectivity index (χ0) is 12.9. The summed E-state index contributed by atoms with van der Waals surface area (Å²) in [7, 11) is 0. The molecule has 6 heteroatoms. The van der Waals surface area contributed by atoms with Crippen molar-refractivity contribution in [2.45, 2.75) is 39.4 Å². The molecule has 0 aliphatic heterocycles. The van der Waals surface area contributed by atoms with Gasteiger partial charge in [0.1, 0.15) is 0 Å². The standard InChI is InChI=1S/C11H17F3N2S/c1-8(2)5-15-6-9-7-16-10(17-9)3-4-11(12,13)14/h7-8,15H,3-6H2,1-2H3. The Morgan fingerprint density at radius 1 is 1.41 bits per heavy atom. The largest absolute Gasteiger partial charge is 0.389 e. The highest BCUT2D eigenvalue weighted by Crippen LogP contribution is 2.23. The van der Waals surface area contributed by atoms with Gasteiger partial charge in [-0.05, 0) is 12.5 Å². The lowest BCUT2D eigenvalue weighted by Gasteiger charge is -2.05. The minimum atomic E-state index is -4.10. The summed E-state index contributed by atoms with van der Waals surface area (Å²) in [5, 5.41) is 3.79. The Morgan fingerprint density at radius 3 is 2.71 bits per heavy atom. The first-order valence-corrected chi connectivity index (χ1v) is 6.39. The minimum Gasteiger partial charge on any atom is -0.312 e. The van der Waals surface area contributed by atoms with E-state index in [1.165, 1.54) is 11.3 Å². The molecule has 0 fully saturated rings. The molecule has 1 aromatic heterocycles. The molecule has 0 atom stereocenters. The second kappa shape index (κ2) is 6.35. The molecule has 0 saturated carbocycles. The monoisotopic (exact) mass is 266 g/mol. The van der Waals surface area contributed by atoms with E-state index in [0.717, 1.165) is 11.4 Å². The molecular formula is C11H17F3N2S. The van der Waals surface area contributed by atoms with E-state index in [0.29, 0.717) is 17.5 Å². The third kappa shape index (κ3) is 6.63. The van der Waals surface area contributed by atoms with Crippen LogP contribution >= 0.6 is 11.3 Å². The maximum atomic E-state index is 12.0. The van der Waals surface area contributed by atoms with E-state index in [4.69, 9.17) is 0 Å². The number of nitrogens with zero attached hydrogens (tertiary/aromatic N) is 1. The smallest absolute Gasteiger partial charge is 0.312 e. The Hall–Kier alpha value is -0.620. The Labute approximate surface area is 103 Å². The second-order valence-corrected chi connectivity index (χ2v) is 5.56. The second-order valence-electron chi connectivity index (χ2n) is 4.36. The lowest BCUT2D eigenvalue weighted by molar-refractivity contribution is -0.133. The van der Waals surface area contributed by atoms with Crippen LogP contribution in [-0.2, 0) is 13.0 Å². The van der Waals surface area contributed by atoms with E-state index in [9.17, 15) is 13.2 Å². The van der Waals surface area contributed by atoms with Crippen molar-refractivity contribution in [3.05, 3.63) is 16.1 Å². The van der Waals surface area contributed by atoms with Crippen LogP contribution in [0.3, 0.4) is 0 Å². The lowest BCUT2D eigenvalue weighted by atomic mass is 10.2. The zero-order valence-electron chi connectivity index (χ0n) is 9.97. The molecule has 2 nitrogen and oxygen atoms in total. The molecule has 17 heavy (non-hydrogen) atoms. The van der Waals surface area contributed by atoms with E-state index in [-0.39, 0.29) is 6.42 Å². The molecule has 0 unspecified atom stereocenters. The predicted molar refractivity (Wildman–Crippen MR) is 63.0 cm³/mol. The highest BCUT2D eigenvalue weighted by Gasteiger charge is 2.27. The number of aromatic nitrogens is 1. The number of hydrogen-bond acceptors (Lipinski definition) is 3. The molecule has 1 rings (SSSR count). The van der Waals surface area contributed by atoms with Gasteiger partial charge in [0.2, 0.25) is 0 Å². The number of hydrogen-bond donors (Lipinski definition) is 1. The van der Waals surface area contributed by atoms with Gasteiger partial charge in [-0.2, -0.15) is 13.2 Å². The van der Waals surface area contributed by atoms with Crippen molar-refractivity contribution in [1.82, 2.24) is 10.3 Å². The number of rotatable bonds is 6. The van der Waals surface area contributed by atoms with Crippen LogP contribution in [-0.4, -0.2) is 17.7 Å². The van der Waals surface area contributed by atoms with Crippen molar-refractivity contribution >= 4 is 11.3 Å². The SMILES string of the molecule is CC(C)CNCc1cnc(CCC(F)(F)F)s1. The average molecular weight is 266 g/mol. The van der Waals surface area contributed by atoms with Crippen LogP contribution in [0.5, 0.6) is 0 Å². The number of aryl methyl sites for hydroxylation is 1. The maximum Gasteiger partial charge on any atom is 0.389 e. The average Bonchev–Trinajstić information content (AvgIpc) is 2.61. The maximum absolute atomic E-state index is 12.0. The number of nitrogens with one attached hydrogen (secondary N) is 1. The first kappa shape index (κ1) is 14.4. The van der Waals surface area contributed by atoms with Crippen LogP contribution in [0.1, 0.15) is 30.2 Å². The van der Waals surface area contributed by atoms with Gasteiger partial charge in [0.25, 0.3) is 0 Å². The van der Waals surface area contributed by atoms with Gasteiger partial charge in [-0.15, -0.1) is 11.3 Å². The summed E-state index contributed by atoms with van der Waals surface area (Å²) in [5.74, 6) is 0.563. The van der Waals surface area contributed by atoms with Gasteiger partial charge in [0, 0.05) is 30.5 Å². The van der Waals surface area contributed by atoms with Crippen LogP contribution in [0.25, 0.3) is 0 Å². The van der Waals surface area contributed by atoms with Gasteiger partial charge in [0.15, 0.2) is 0 Å². The molecule has 1 aromatic rings. The van der Waals surface area contributed by atoms with Crippen LogP contribution in [0.2, 0.25) is 0 Å². The summed E-state index contributed by atoms with van der Waals surface area (Å²) in [4.78, 5) is 4.98. The summed E-state index contributed by atoms with van der Waals surface area (Å²) < 4.78 is 36.0. The van der Waals surface area contributed by atoms with Gasteiger partial charge in [-0.3, -0.25) is 0 Å². The van der Waals surface area contributed by atoms with Crippen LogP contribution in [0.4, 0.5) is 13.2 Å². The lowest BCUT2D eigenvalue weighted by Crippen LogP contribution is -2.18. The summed E-state index contributed by atoms with van der Waals surface area (Å²) in [6.07, 6.45) is -3.25. The first-order chi connectivity index (χ1) is 7.87. The van der Waals surface area contributed by atoms with Gasteiger partial charge < -0.3 is 5.32 Å². The van der Waals surface area contributed by atoms with Crippen molar-refractivity contribution in [1.29, 1.82) is 0 Å². The van der Waals surface area contributed by atoms with E-state index < -0.39 is 12.6 Å². The Balaban J connectivity index is 2.32. The molecule has 0 amide bonds. The molecular weight excluding hydrogens is 249 g/mol. The predicted octanol–water partition coefficient (Wildman–Crippen LogP) is 3.38. The van der Waals surface area contributed by atoms with E-state index in [1.54, 1.807) is 6.20 Å². The molecule has 0 bridgehead atoms. The number of halogens is 3. The summed E-state index contributed by atoms with van der Waals surface area (Å²) >= 11 is 1.35. The molecule has 1 heterocycles. The van der Waals surface area contributed by atoms with E-state index in [2.05, 4.69) is 24.1 Å². The van der Waals surface area contributed by atoms with E-state index in [1.807, 2.05) is 0 Å². The van der Waals surface area contributed by atoms with Crippen molar-refractivity contribution in [2.75, 3.05) is 6.54 Å². The minimum absolute atomic E-state index is 0.0155. The molecule has 0 spiro atoms. The Morgan fingerprint density at radius 2 is 2.12 bits per heavy atom. The van der Waals surface area contributed by atoms with Gasteiger partial charge in [-0.1, -0.05) is 13.8 Å². The van der Waals surface area contributed by atoms with Gasteiger partial charge >= 0.3 is 6.18 Å². The number of alkyl halides is 3. The van der Waals surface area contributed by atoms with Crippen LogP contribution in [0, 0.1) is 5.92 Å². The zero-order valence-corrected chi connectivity index (χ0v) is 10.8. The summed E-state index contributed by atoms with van der Waals surface area (Å²) in [5.41, 5.74) is 0. The third-order valence-corrected chi connectivity index (χ3v) is 3.13. The molecule has 1 N–H and O–H groups in total. The molecule has 0 aromatic carbocycles. The van der Waals surface area contributed by atoms with E-state index >= 15 is 0 Å². The highest BCUT2D eigenvalue weighted by atomic mass is 32.1. The molecule has 0 aliphatic carbocycles. The topological polar surface area (TPSA) is 24.9 Å². The van der Waals surface area contributed by atoms with Crippen LogP contribution < -0.4 is 5.32 Å². The van der Waals surface area contributed by atoms with Crippen LogP contribution in [0.15, 0.2) is 6.20 Å². The van der Waals surface area contributed by atoms with Gasteiger partial charge in [-0.25, -0.2) is 4.98 Å².